The van der Waals surface area contributed by atoms with Crippen LogP contribution in [0.3, 0.4) is 0 Å². The summed E-state index contributed by atoms with van der Waals surface area (Å²) in [5.41, 5.74) is 2.77. The van der Waals surface area contributed by atoms with E-state index in [0.717, 1.165) is 10.1 Å². The zero-order chi connectivity index (χ0) is 21.2. The van der Waals surface area contributed by atoms with Gasteiger partial charge in [-0.3, -0.25) is 4.79 Å². The van der Waals surface area contributed by atoms with Gasteiger partial charge in [0.2, 0.25) is 5.91 Å². The zero-order valence-electron chi connectivity index (χ0n) is 15.8. The molecule has 0 unspecified atom stereocenters. The van der Waals surface area contributed by atoms with Crippen LogP contribution in [0.4, 0.5) is 13.2 Å². The Morgan fingerprint density at radius 2 is 1.83 bits per heavy atom. The number of rotatable bonds is 6. The van der Waals surface area contributed by atoms with Crippen LogP contribution in [0.5, 0.6) is 0 Å². The monoisotopic (exact) mass is 425 g/mol. The average molecular weight is 426 g/mol. The lowest BCUT2D eigenvalue weighted by Crippen LogP contribution is -2.26. The molecule has 0 aliphatic rings. The summed E-state index contributed by atoms with van der Waals surface area (Å²) in [7, 11) is 0. The van der Waals surface area contributed by atoms with E-state index in [2.05, 4.69) is 20.4 Å². The highest BCUT2D eigenvalue weighted by Crippen LogP contribution is 2.27. The molecule has 2 heterocycles. The second kappa shape index (κ2) is 8.36. The number of alkyl halides is 3. The molecule has 0 aliphatic heterocycles. The standard InChI is InChI=1S/C19H19ClF3N5O/c1-11-15(12(2)28-18(25-11)26-17(27-28)19(21,22)23)7-8-16(29)24-10-9-13-3-5-14(20)6-4-13/h3-6H,7-10H2,1-2H3,(H,24,29). The van der Waals surface area contributed by atoms with Crippen molar-refractivity contribution < 1.29 is 18.0 Å². The van der Waals surface area contributed by atoms with Crippen LogP contribution in [0, 0.1) is 13.8 Å². The number of fused-ring (bicyclic) bond motifs is 1. The molecule has 0 aliphatic carbocycles. The van der Waals surface area contributed by atoms with Crippen LogP contribution in [0.1, 0.15) is 34.8 Å². The van der Waals surface area contributed by atoms with E-state index in [0.29, 0.717) is 41.4 Å². The van der Waals surface area contributed by atoms with E-state index in [-0.39, 0.29) is 18.1 Å². The van der Waals surface area contributed by atoms with Gasteiger partial charge in [0.15, 0.2) is 0 Å². The van der Waals surface area contributed by atoms with Gasteiger partial charge in [-0.2, -0.15) is 18.2 Å². The van der Waals surface area contributed by atoms with Gasteiger partial charge in [-0.25, -0.2) is 9.50 Å². The van der Waals surface area contributed by atoms with Crippen molar-refractivity contribution in [2.24, 2.45) is 0 Å². The van der Waals surface area contributed by atoms with Crippen molar-refractivity contribution in [2.75, 3.05) is 6.54 Å². The number of carbonyl (C=O) groups is 1. The lowest BCUT2D eigenvalue weighted by molar-refractivity contribution is -0.144. The Morgan fingerprint density at radius 1 is 1.14 bits per heavy atom. The normalized spacial score (nSPS) is 11.8. The molecule has 1 N–H and O–H groups in total. The SMILES string of the molecule is Cc1nc2nc(C(F)(F)F)nn2c(C)c1CCC(=O)NCCc1ccc(Cl)cc1. The first-order valence-corrected chi connectivity index (χ1v) is 9.34. The van der Waals surface area contributed by atoms with Crippen LogP contribution in [-0.2, 0) is 23.8 Å². The predicted octanol–water partition coefficient (Wildman–Crippen LogP) is 3.70. The lowest BCUT2D eigenvalue weighted by Gasteiger charge is -2.10. The molecule has 2 aromatic heterocycles. The van der Waals surface area contributed by atoms with Gasteiger partial charge in [0.1, 0.15) is 0 Å². The minimum atomic E-state index is -4.64. The van der Waals surface area contributed by atoms with Crippen molar-refractivity contribution in [3.63, 3.8) is 0 Å². The summed E-state index contributed by atoms with van der Waals surface area (Å²) in [5.74, 6) is -1.49. The van der Waals surface area contributed by atoms with Crippen molar-refractivity contribution >= 4 is 23.3 Å². The maximum Gasteiger partial charge on any atom is 0.453 e. The molecular weight excluding hydrogens is 407 g/mol. The molecule has 0 spiro atoms. The Balaban J connectivity index is 1.62. The van der Waals surface area contributed by atoms with Gasteiger partial charge in [0.05, 0.1) is 0 Å². The number of halogens is 4. The Bertz CT molecular complexity index is 1030. The fourth-order valence-corrected chi connectivity index (χ4v) is 3.14. The van der Waals surface area contributed by atoms with E-state index >= 15 is 0 Å². The molecule has 0 saturated heterocycles. The molecule has 0 radical (unpaired) electrons. The molecule has 10 heteroatoms. The van der Waals surface area contributed by atoms with E-state index in [1.165, 1.54) is 0 Å². The van der Waals surface area contributed by atoms with Crippen LogP contribution >= 0.6 is 11.6 Å². The number of nitrogens with zero attached hydrogens (tertiary/aromatic N) is 4. The summed E-state index contributed by atoms with van der Waals surface area (Å²) >= 11 is 5.84. The topological polar surface area (TPSA) is 72.2 Å². The summed E-state index contributed by atoms with van der Waals surface area (Å²) < 4.78 is 39.6. The Morgan fingerprint density at radius 3 is 2.48 bits per heavy atom. The highest BCUT2D eigenvalue weighted by molar-refractivity contribution is 6.30. The van der Waals surface area contributed by atoms with Crippen LogP contribution in [0.25, 0.3) is 5.78 Å². The molecular formula is C19H19ClF3N5O. The molecule has 0 saturated carbocycles. The first-order chi connectivity index (χ1) is 13.6. The number of aryl methyl sites for hydroxylation is 2. The number of hydrogen-bond acceptors (Lipinski definition) is 4. The molecule has 29 heavy (non-hydrogen) atoms. The highest BCUT2D eigenvalue weighted by atomic mass is 35.5. The third-order valence-electron chi connectivity index (χ3n) is 4.55. The Hall–Kier alpha value is -2.68. The Labute approximate surface area is 170 Å². The van der Waals surface area contributed by atoms with Gasteiger partial charge in [-0.1, -0.05) is 23.7 Å². The number of nitrogens with one attached hydrogen (secondary N) is 1. The lowest BCUT2D eigenvalue weighted by atomic mass is 10.1. The second-order valence-electron chi connectivity index (χ2n) is 6.63. The summed E-state index contributed by atoms with van der Waals surface area (Å²) in [5, 5.41) is 7.01. The maximum absolute atomic E-state index is 12.8. The minimum absolute atomic E-state index is 0.108. The predicted molar refractivity (Wildman–Crippen MR) is 102 cm³/mol. The summed E-state index contributed by atoms with van der Waals surface area (Å²) in [6.07, 6.45) is -3.43. The van der Waals surface area contributed by atoms with Crippen molar-refractivity contribution in [3.05, 3.63) is 57.6 Å². The number of hydrogen-bond donors (Lipinski definition) is 1. The van der Waals surface area contributed by atoms with Crippen LogP contribution < -0.4 is 5.32 Å². The largest absolute Gasteiger partial charge is 0.453 e. The van der Waals surface area contributed by atoms with Crippen LogP contribution in [-0.4, -0.2) is 32.0 Å². The van der Waals surface area contributed by atoms with Crippen molar-refractivity contribution in [3.8, 4) is 0 Å². The number of benzene rings is 1. The number of carbonyl (C=O) groups excluding carboxylic acids is 1. The first-order valence-electron chi connectivity index (χ1n) is 8.96. The second-order valence-corrected chi connectivity index (χ2v) is 7.07. The Kier molecular flexibility index (Phi) is 6.07. The molecule has 154 valence electrons. The van der Waals surface area contributed by atoms with Gasteiger partial charge in [-0.15, -0.1) is 5.10 Å². The minimum Gasteiger partial charge on any atom is -0.356 e. The van der Waals surface area contributed by atoms with Gasteiger partial charge in [0.25, 0.3) is 11.6 Å². The first kappa shape index (κ1) is 21.0. The smallest absolute Gasteiger partial charge is 0.356 e. The molecule has 1 aromatic carbocycles. The maximum atomic E-state index is 12.8. The van der Waals surface area contributed by atoms with E-state index in [1.54, 1.807) is 26.0 Å². The summed E-state index contributed by atoms with van der Waals surface area (Å²) in [6.45, 7) is 3.81. The van der Waals surface area contributed by atoms with Crippen LogP contribution in [0.15, 0.2) is 24.3 Å². The number of aromatic nitrogens is 4. The molecule has 6 nitrogen and oxygen atoms in total. The fourth-order valence-electron chi connectivity index (χ4n) is 3.01. The van der Waals surface area contributed by atoms with Gasteiger partial charge >= 0.3 is 6.18 Å². The summed E-state index contributed by atoms with van der Waals surface area (Å²) in [6, 6.07) is 7.38. The number of amides is 1. The van der Waals surface area contributed by atoms with E-state index in [9.17, 15) is 18.0 Å². The summed E-state index contributed by atoms with van der Waals surface area (Å²) in [4.78, 5) is 19.7. The van der Waals surface area contributed by atoms with Gasteiger partial charge in [-0.05, 0) is 49.9 Å². The van der Waals surface area contributed by atoms with Gasteiger partial charge < -0.3 is 5.32 Å². The molecule has 3 aromatic rings. The van der Waals surface area contributed by atoms with E-state index in [1.807, 2.05) is 12.1 Å². The molecule has 3 rings (SSSR count). The van der Waals surface area contributed by atoms with Gasteiger partial charge in [0, 0.05) is 29.4 Å². The third-order valence-corrected chi connectivity index (χ3v) is 4.81. The molecule has 0 bridgehead atoms. The van der Waals surface area contributed by atoms with Crippen molar-refractivity contribution in [1.29, 1.82) is 0 Å². The van der Waals surface area contributed by atoms with E-state index in [4.69, 9.17) is 11.6 Å². The van der Waals surface area contributed by atoms with Crippen molar-refractivity contribution in [2.45, 2.75) is 39.3 Å². The van der Waals surface area contributed by atoms with E-state index < -0.39 is 12.0 Å². The molecule has 0 atom stereocenters. The molecule has 1 amide bonds. The van der Waals surface area contributed by atoms with Crippen molar-refractivity contribution in [1.82, 2.24) is 24.9 Å². The third kappa shape index (κ3) is 5.03. The quantitative estimate of drug-likeness (QED) is 0.653. The highest BCUT2D eigenvalue weighted by Gasteiger charge is 2.36. The fraction of sp³-hybridized carbons (Fsp3) is 0.368. The average Bonchev–Trinajstić information content (AvgIpc) is 3.08. The zero-order valence-corrected chi connectivity index (χ0v) is 16.6. The van der Waals surface area contributed by atoms with Crippen LogP contribution in [0.2, 0.25) is 5.02 Å². The molecule has 0 fully saturated rings.